The summed E-state index contributed by atoms with van der Waals surface area (Å²) < 4.78 is 32.5. The van der Waals surface area contributed by atoms with E-state index < -0.39 is 23.4 Å². The van der Waals surface area contributed by atoms with Crippen LogP contribution in [0.15, 0.2) is 59.2 Å². The Balaban J connectivity index is 1.49. The Morgan fingerprint density at radius 2 is 2.00 bits per heavy atom. The fourth-order valence-electron chi connectivity index (χ4n) is 2.97. The molecule has 2 aromatic heterocycles. The molecule has 0 radical (unpaired) electrons. The molecule has 7 nitrogen and oxygen atoms in total. The average molecular weight is 410 g/mol. The first-order valence-electron chi connectivity index (χ1n) is 8.95. The van der Waals surface area contributed by atoms with E-state index in [1.807, 2.05) is 0 Å². The van der Waals surface area contributed by atoms with Gasteiger partial charge in [0.05, 0.1) is 29.4 Å². The SMILES string of the molecule is CN(CC(=O)Nc1ccc2nc(-c3cc(F)ccc3F)[nH]c2c1)C(=O)c1ccco1. The van der Waals surface area contributed by atoms with E-state index in [1.54, 1.807) is 24.3 Å². The van der Waals surface area contributed by atoms with Crippen LogP contribution in [0.3, 0.4) is 0 Å². The molecule has 0 atom stereocenters. The summed E-state index contributed by atoms with van der Waals surface area (Å²) in [6.07, 6.45) is 1.38. The highest BCUT2D eigenvalue weighted by Gasteiger charge is 2.17. The number of carbonyl (C=O) groups excluding carboxylic acids is 2. The smallest absolute Gasteiger partial charge is 0.289 e. The molecule has 2 N–H and O–H groups in total. The molecular formula is C21H16F2N4O3. The van der Waals surface area contributed by atoms with E-state index in [4.69, 9.17) is 4.42 Å². The van der Waals surface area contributed by atoms with E-state index in [0.29, 0.717) is 16.7 Å². The number of rotatable bonds is 5. The van der Waals surface area contributed by atoms with Gasteiger partial charge in [-0.25, -0.2) is 13.8 Å². The van der Waals surface area contributed by atoms with Gasteiger partial charge in [0.15, 0.2) is 5.76 Å². The highest BCUT2D eigenvalue weighted by atomic mass is 19.1. The number of aromatic amines is 1. The predicted octanol–water partition coefficient (Wildman–Crippen LogP) is 3.81. The van der Waals surface area contributed by atoms with Crippen molar-refractivity contribution in [1.82, 2.24) is 14.9 Å². The highest BCUT2D eigenvalue weighted by molar-refractivity contribution is 5.98. The Kier molecular flexibility index (Phi) is 5.01. The maximum absolute atomic E-state index is 14.0. The van der Waals surface area contributed by atoms with Crippen LogP contribution in [0.1, 0.15) is 10.6 Å². The number of carbonyl (C=O) groups is 2. The molecule has 2 aromatic carbocycles. The number of aromatic nitrogens is 2. The molecule has 152 valence electrons. The van der Waals surface area contributed by atoms with E-state index in [9.17, 15) is 18.4 Å². The van der Waals surface area contributed by atoms with Crippen molar-refractivity contribution >= 4 is 28.5 Å². The molecule has 2 heterocycles. The Morgan fingerprint density at radius 1 is 1.17 bits per heavy atom. The van der Waals surface area contributed by atoms with Gasteiger partial charge >= 0.3 is 0 Å². The fraction of sp³-hybridized carbons (Fsp3) is 0.0952. The van der Waals surface area contributed by atoms with Gasteiger partial charge in [0.2, 0.25) is 5.91 Å². The molecule has 4 rings (SSSR count). The topological polar surface area (TPSA) is 91.2 Å². The monoisotopic (exact) mass is 410 g/mol. The Labute approximate surface area is 169 Å². The van der Waals surface area contributed by atoms with Crippen LogP contribution >= 0.6 is 0 Å². The van der Waals surface area contributed by atoms with Crippen LogP contribution in [0.25, 0.3) is 22.4 Å². The van der Waals surface area contributed by atoms with Crippen molar-refractivity contribution in [3.63, 3.8) is 0 Å². The molecule has 0 aliphatic rings. The quantitative estimate of drug-likeness (QED) is 0.523. The second kappa shape index (κ2) is 7.78. The summed E-state index contributed by atoms with van der Waals surface area (Å²) in [6, 6.07) is 11.1. The minimum Gasteiger partial charge on any atom is -0.459 e. The number of nitrogens with one attached hydrogen (secondary N) is 2. The molecule has 0 spiro atoms. The van der Waals surface area contributed by atoms with E-state index in [0.717, 1.165) is 18.2 Å². The number of nitrogens with zero attached hydrogens (tertiary/aromatic N) is 2. The van der Waals surface area contributed by atoms with Crippen molar-refractivity contribution in [2.24, 2.45) is 0 Å². The zero-order valence-corrected chi connectivity index (χ0v) is 15.8. The maximum Gasteiger partial charge on any atom is 0.289 e. The number of H-pyrrole nitrogens is 1. The summed E-state index contributed by atoms with van der Waals surface area (Å²) in [7, 11) is 1.49. The standard InChI is InChI=1S/C21H16F2N4O3/c1-27(21(29)18-3-2-8-30-18)11-19(28)24-13-5-7-16-17(10-13)26-20(25-16)14-9-12(22)4-6-15(14)23/h2-10H,11H2,1H3,(H,24,28)(H,25,26). The molecule has 0 saturated heterocycles. The summed E-state index contributed by atoms with van der Waals surface area (Å²) in [6.45, 7) is -0.180. The third-order valence-corrected chi connectivity index (χ3v) is 4.41. The third-order valence-electron chi connectivity index (χ3n) is 4.41. The summed E-state index contributed by atoms with van der Waals surface area (Å²) in [5.41, 5.74) is 1.53. The average Bonchev–Trinajstić information content (AvgIpc) is 3.38. The molecule has 0 bridgehead atoms. The van der Waals surface area contributed by atoms with Gasteiger partial charge in [0.25, 0.3) is 5.91 Å². The zero-order chi connectivity index (χ0) is 21.3. The maximum atomic E-state index is 14.0. The minimum atomic E-state index is -0.603. The highest BCUT2D eigenvalue weighted by Crippen LogP contribution is 2.25. The van der Waals surface area contributed by atoms with Gasteiger partial charge in [-0.2, -0.15) is 0 Å². The number of imidazole rings is 1. The van der Waals surface area contributed by atoms with Crippen LogP contribution in [0.2, 0.25) is 0 Å². The molecule has 0 aliphatic carbocycles. The van der Waals surface area contributed by atoms with Crippen molar-refractivity contribution in [2.45, 2.75) is 0 Å². The van der Waals surface area contributed by atoms with Crippen LogP contribution in [0.5, 0.6) is 0 Å². The molecule has 30 heavy (non-hydrogen) atoms. The molecule has 9 heteroatoms. The molecule has 0 fully saturated rings. The lowest BCUT2D eigenvalue weighted by Crippen LogP contribution is -2.34. The molecule has 0 aliphatic heterocycles. The van der Waals surface area contributed by atoms with Crippen molar-refractivity contribution < 1.29 is 22.8 Å². The summed E-state index contributed by atoms with van der Waals surface area (Å²) in [5.74, 6) is -1.69. The largest absolute Gasteiger partial charge is 0.459 e. The van der Waals surface area contributed by atoms with Crippen LogP contribution < -0.4 is 5.32 Å². The van der Waals surface area contributed by atoms with Gasteiger partial charge < -0.3 is 19.6 Å². The Bertz CT molecular complexity index is 1230. The lowest BCUT2D eigenvalue weighted by Gasteiger charge is -2.15. The fourth-order valence-corrected chi connectivity index (χ4v) is 2.97. The number of fused-ring (bicyclic) bond motifs is 1. The first-order valence-corrected chi connectivity index (χ1v) is 8.95. The molecule has 0 unspecified atom stereocenters. The first kappa shape index (κ1) is 19.3. The number of anilines is 1. The van der Waals surface area contributed by atoms with Crippen LogP contribution in [0, 0.1) is 11.6 Å². The number of likely N-dealkylation sites (N-methyl/N-ethyl adjacent to an activating group) is 1. The van der Waals surface area contributed by atoms with Crippen molar-refractivity contribution in [1.29, 1.82) is 0 Å². The number of hydrogen-bond acceptors (Lipinski definition) is 4. The Morgan fingerprint density at radius 3 is 2.77 bits per heavy atom. The van der Waals surface area contributed by atoms with Crippen LogP contribution in [-0.2, 0) is 4.79 Å². The van der Waals surface area contributed by atoms with Crippen LogP contribution in [0.4, 0.5) is 14.5 Å². The summed E-state index contributed by atoms with van der Waals surface area (Å²) >= 11 is 0. The van der Waals surface area contributed by atoms with Crippen LogP contribution in [-0.4, -0.2) is 40.3 Å². The number of halogens is 2. The second-order valence-electron chi connectivity index (χ2n) is 6.63. The van der Waals surface area contributed by atoms with E-state index in [-0.39, 0.29) is 23.7 Å². The molecule has 4 aromatic rings. The van der Waals surface area contributed by atoms with Gasteiger partial charge in [-0.05, 0) is 48.5 Å². The second-order valence-corrected chi connectivity index (χ2v) is 6.63. The van der Waals surface area contributed by atoms with Crippen molar-refractivity contribution in [2.75, 3.05) is 18.9 Å². The first-order chi connectivity index (χ1) is 14.4. The normalized spacial score (nSPS) is 10.9. The van der Waals surface area contributed by atoms with Gasteiger partial charge in [-0.3, -0.25) is 9.59 Å². The summed E-state index contributed by atoms with van der Waals surface area (Å²) in [5, 5.41) is 2.69. The number of amides is 2. The van der Waals surface area contributed by atoms with Gasteiger partial charge in [-0.1, -0.05) is 0 Å². The third kappa shape index (κ3) is 3.90. The molecule has 0 saturated carbocycles. The predicted molar refractivity (Wildman–Crippen MR) is 106 cm³/mol. The van der Waals surface area contributed by atoms with Gasteiger partial charge in [-0.15, -0.1) is 0 Å². The lowest BCUT2D eigenvalue weighted by molar-refractivity contribution is -0.116. The van der Waals surface area contributed by atoms with Gasteiger partial charge in [0.1, 0.15) is 17.5 Å². The lowest BCUT2D eigenvalue weighted by atomic mass is 10.2. The Hall–Kier alpha value is -4.01. The number of benzene rings is 2. The molecule has 2 amide bonds. The van der Waals surface area contributed by atoms with E-state index >= 15 is 0 Å². The van der Waals surface area contributed by atoms with Gasteiger partial charge in [0, 0.05) is 12.7 Å². The minimum absolute atomic E-state index is 0.00912. The van der Waals surface area contributed by atoms with Crippen molar-refractivity contribution in [3.05, 3.63) is 72.2 Å². The van der Waals surface area contributed by atoms with E-state index in [2.05, 4.69) is 15.3 Å². The summed E-state index contributed by atoms with van der Waals surface area (Å²) in [4.78, 5) is 32.9. The van der Waals surface area contributed by atoms with E-state index in [1.165, 1.54) is 24.3 Å². The van der Waals surface area contributed by atoms with Crippen molar-refractivity contribution in [3.8, 4) is 11.4 Å². The number of hydrogen-bond donors (Lipinski definition) is 2. The number of furan rings is 1. The zero-order valence-electron chi connectivity index (χ0n) is 15.8. The molecular weight excluding hydrogens is 394 g/mol.